The normalized spacial score (nSPS) is 13.4. The van der Waals surface area contributed by atoms with Crippen molar-refractivity contribution in [2.24, 2.45) is 5.92 Å². The summed E-state index contributed by atoms with van der Waals surface area (Å²) >= 11 is 0. The van der Waals surface area contributed by atoms with E-state index in [1.54, 1.807) is 0 Å². The van der Waals surface area contributed by atoms with E-state index < -0.39 is 6.10 Å². The van der Waals surface area contributed by atoms with Crippen LogP contribution >= 0.6 is 0 Å². The van der Waals surface area contributed by atoms with Crippen molar-refractivity contribution in [2.45, 2.75) is 72.8 Å². The molecule has 0 aliphatic heterocycles. The predicted molar refractivity (Wildman–Crippen MR) is 96.9 cm³/mol. The Morgan fingerprint density at radius 2 is 1.91 bits per heavy atom. The van der Waals surface area contributed by atoms with Crippen LogP contribution in [0.1, 0.15) is 64.0 Å². The zero-order valence-corrected chi connectivity index (χ0v) is 15.4. The molecular formula is C20H33NO2. The SMILES string of the molecule is CCCC[C@@H](CC)CNC(=O)[C@H](CC)Oc1cc(C)ccc1C. The number of carbonyl (C=O) groups is 1. The van der Waals surface area contributed by atoms with Crippen molar-refractivity contribution >= 4 is 5.91 Å². The van der Waals surface area contributed by atoms with E-state index in [0.29, 0.717) is 12.3 Å². The zero-order chi connectivity index (χ0) is 17.2. The lowest BCUT2D eigenvalue weighted by atomic mass is 9.99. The molecule has 3 heteroatoms. The Morgan fingerprint density at radius 3 is 2.52 bits per heavy atom. The smallest absolute Gasteiger partial charge is 0.261 e. The van der Waals surface area contributed by atoms with Gasteiger partial charge in [0.05, 0.1) is 0 Å². The van der Waals surface area contributed by atoms with Crippen LogP contribution in [0, 0.1) is 19.8 Å². The molecule has 3 nitrogen and oxygen atoms in total. The Labute approximate surface area is 141 Å². The predicted octanol–water partition coefficient (Wildman–Crippen LogP) is 4.79. The zero-order valence-electron chi connectivity index (χ0n) is 15.4. The summed E-state index contributed by atoms with van der Waals surface area (Å²) in [7, 11) is 0. The Morgan fingerprint density at radius 1 is 1.17 bits per heavy atom. The number of amides is 1. The first-order valence-corrected chi connectivity index (χ1v) is 9.03. The highest BCUT2D eigenvalue weighted by Crippen LogP contribution is 2.21. The van der Waals surface area contributed by atoms with Crippen LogP contribution in [0.4, 0.5) is 0 Å². The molecule has 1 N–H and O–H groups in total. The van der Waals surface area contributed by atoms with E-state index in [9.17, 15) is 4.79 Å². The van der Waals surface area contributed by atoms with Gasteiger partial charge in [-0.15, -0.1) is 0 Å². The summed E-state index contributed by atoms with van der Waals surface area (Å²) in [6.45, 7) is 11.2. The van der Waals surface area contributed by atoms with Gasteiger partial charge in [0.1, 0.15) is 5.75 Å². The van der Waals surface area contributed by atoms with Crippen molar-refractivity contribution in [1.82, 2.24) is 5.32 Å². The highest BCUT2D eigenvalue weighted by Gasteiger charge is 2.20. The van der Waals surface area contributed by atoms with Gasteiger partial charge in [-0.2, -0.15) is 0 Å². The van der Waals surface area contributed by atoms with E-state index in [1.165, 1.54) is 19.3 Å². The number of aryl methyl sites for hydroxylation is 2. The highest BCUT2D eigenvalue weighted by atomic mass is 16.5. The summed E-state index contributed by atoms with van der Waals surface area (Å²) in [6.07, 6.45) is 4.98. The third-order valence-corrected chi connectivity index (χ3v) is 4.38. The van der Waals surface area contributed by atoms with Crippen molar-refractivity contribution in [3.63, 3.8) is 0 Å². The fourth-order valence-electron chi connectivity index (χ4n) is 2.61. The van der Waals surface area contributed by atoms with Gasteiger partial charge in [0.15, 0.2) is 6.10 Å². The third-order valence-electron chi connectivity index (χ3n) is 4.38. The Bertz CT molecular complexity index is 485. The molecule has 0 saturated carbocycles. The average molecular weight is 319 g/mol. The van der Waals surface area contributed by atoms with E-state index in [2.05, 4.69) is 25.2 Å². The van der Waals surface area contributed by atoms with E-state index in [4.69, 9.17) is 4.74 Å². The lowest BCUT2D eigenvalue weighted by molar-refractivity contribution is -0.128. The van der Waals surface area contributed by atoms with E-state index in [0.717, 1.165) is 29.8 Å². The summed E-state index contributed by atoms with van der Waals surface area (Å²) in [6, 6.07) is 6.09. The van der Waals surface area contributed by atoms with Crippen LogP contribution in [0.2, 0.25) is 0 Å². The van der Waals surface area contributed by atoms with Crippen molar-refractivity contribution in [3.8, 4) is 5.75 Å². The number of hydrogen-bond acceptors (Lipinski definition) is 2. The maximum atomic E-state index is 12.4. The van der Waals surface area contributed by atoms with E-state index >= 15 is 0 Å². The van der Waals surface area contributed by atoms with Gasteiger partial charge in [0, 0.05) is 6.54 Å². The molecule has 0 unspecified atom stereocenters. The van der Waals surface area contributed by atoms with Crippen molar-refractivity contribution in [3.05, 3.63) is 29.3 Å². The quantitative estimate of drug-likeness (QED) is 0.673. The fourth-order valence-corrected chi connectivity index (χ4v) is 2.61. The Hall–Kier alpha value is -1.51. The van der Waals surface area contributed by atoms with E-state index in [-0.39, 0.29) is 5.91 Å². The number of unbranched alkanes of at least 4 members (excludes halogenated alkanes) is 1. The van der Waals surface area contributed by atoms with Crippen molar-refractivity contribution < 1.29 is 9.53 Å². The molecule has 0 aliphatic carbocycles. The van der Waals surface area contributed by atoms with E-state index in [1.807, 2.05) is 32.9 Å². The first-order valence-electron chi connectivity index (χ1n) is 9.03. The van der Waals surface area contributed by atoms with Crippen LogP contribution in [0.25, 0.3) is 0 Å². The van der Waals surface area contributed by atoms with Crippen LogP contribution in [0.5, 0.6) is 5.75 Å². The number of hydrogen-bond donors (Lipinski definition) is 1. The van der Waals surface area contributed by atoms with Crippen LogP contribution in [0.3, 0.4) is 0 Å². The molecule has 1 amide bonds. The van der Waals surface area contributed by atoms with Gasteiger partial charge < -0.3 is 10.1 Å². The first kappa shape index (κ1) is 19.5. The molecule has 0 aromatic heterocycles. The van der Waals surface area contributed by atoms with Gasteiger partial charge in [0.25, 0.3) is 5.91 Å². The summed E-state index contributed by atoms with van der Waals surface area (Å²) in [4.78, 5) is 12.4. The Balaban J connectivity index is 2.59. The summed E-state index contributed by atoms with van der Waals surface area (Å²) in [5.41, 5.74) is 2.21. The molecule has 130 valence electrons. The van der Waals surface area contributed by atoms with Crippen LogP contribution < -0.4 is 10.1 Å². The minimum Gasteiger partial charge on any atom is -0.480 e. The highest BCUT2D eigenvalue weighted by molar-refractivity contribution is 5.81. The largest absolute Gasteiger partial charge is 0.480 e. The molecule has 0 saturated heterocycles. The third kappa shape index (κ3) is 6.64. The average Bonchev–Trinajstić information content (AvgIpc) is 2.55. The van der Waals surface area contributed by atoms with Crippen molar-refractivity contribution in [1.29, 1.82) is 0 Å². The molecule has 1 rings (SSSR count). The molecule has 0 spiro atoms. The second-order valence-corrected chi connectivity index (χ2v) is 6.45. The number of nitrogens with one attached hydrogen (secondary N) is 1. The fraction of sp³-hybridized carbons (Fsp3) is 0.650. The molecule has 0 radical (unpaired) electrons. The van der Waals surface area contributed by atoms with Gasteiger partial charge in [-0.25, -0.2) is 0 Å². The molecular weight excluding hydrogens is 286 g/mol. The molecule has 23 heavy (non-hydrogen) atoms. The summed E-state index contributed by atoms with van der Waals surface area (Å²) in [5.74, 6) is 1.38. The Kier molecular flexibility index (Phi) is 8.75. The number of benzene rings is 1. The van der Waals surface area contributed by atoms with Gasteiger partial charge in [-0.3, -0.25) is 4.79 Å². The molecule has 0 bridgehead atoms. The minimum absolute atomic E-state index is 0.00311. The van der Waals surface area contributed by atoms with Crippen LogP contribution in [0.15, 0.2) is 18.2 Å². The standard InChI is InChI=1S/C20H33NO2/c1-6-9-10-17(7-2)14-21-20(22)18(8-3)23-19-13-15(4)11-12-16(19)5/h11-13,17-18H,6-10,14H2,1-5H3,(H,21,22)/t17-,18+/m1/s1. The van der Waals surface area contributed by atoms with Crippen molar-refractivity contribution in [2.75, 3.05) is 6.54 Å². The maximum absolute atomic E-state index is 12.4. The lowest BCUT2D eigenvalue weighted by Gasteiger charge is -2.21. The molecule has 0 fully saturated rings. The van der Waals surface area contributed by atoms with Gasteiger partial charge >= 0.3 is 0 Å². The summed E-state index contributed by atoms with van der Waals surface area (Å²) < 4.78 is 5.97. The molecule has 1 aromatic carbocycles. The molecule has 2 atom stereocenters. The number of carbonyl (C=O) groups excluding carboxylic acids is 1. The second kappa shape index (κ2) is 10.3. The van der Waals surface area contributed by atoms with Gasteiger partial charge in [0.2, 0.25) is 0 Å². The monoisotopic (exact) mass is 319 g/mol. The topological polar surface area (TPSA) is 38.3 Å². The minimum atomic E-state index is -0.417. The maximum Gasteiger partial charge on any atom is 0.261 e. The van der Waals surface area contributed by atoms with Crippen LogP contribution in [-0.4, -0.2) is 18.6 Å². The molecule has 0 heterocycles. The number of rotatable bonds is 10. The van der Waals surface area contributed by atoms with Gasteiger partial charge in [-0.05, 0) is 49.8 Å². The van der Waals surface area contributed by atoms with Gasteiger partial charge in [-0.1, -0.05) is 52.2 Å². The molecule has 0 aliphatic rings. The lowest BCUT2D eigenvalue weighted by Crippen LogP contribution is -2.40. The first-order chi connectivity index (χ1) is 11.0. The second-order valence-electron chi connectivity index (χ2n) is 6.45. The van der Waals surface area contributed by atoms with Crippen LogP contribution in [-0.2, 0) is 4.79 Å². The number of ether oxygens (including phenoxy) is 1. The molecule has 1 aromatic rings. The summed E-state index contributed by atoms with van der Waals surface area (Å²) in [5, 5.41) is 3.08.